The predicted octanol–water partition coefficient (Wildman–Crippen LogP) is 3.16. The van der Waals surface area contributed by atoms with Crippen LogP contribution in [0.3, 0.4) is 0 Å². The van der Waals surface area contributed by atoms with Gasteiger partial charge in [-0.25, -0.2) is 4.39 Å². The number of halogens is 2. The second-order valence-corrected chi connectivity index (χ2v) is 5.63. The van der Waals surface area contributed by atoms with Crippen molar-refractivity contribution in [2.75, 3.05) is 26.2 Å². The third-order valence-corrected chi connectivity index (χ3v) is 4.16. The number of benzene rings is 1. The van der Waals surface area contributed by atoms with E-state index in [4.69, 9.17) is 0 Å². The normalized spacial score (nSPS) is 17.0. The molecule has 0 unspecified atom stereocenters. The topological polar surface area (TPSA) is 15.3 Å². The van der Waals surface area contributed by atoms with Crippen LogP contribution in [0, 0.1) is 5.82 Å². The molecule has 18 heavy (non-hydrogen) atoms. The average Bonchev–Trinajstić information content (AvgIpc) is 2.38. The molecular formula is C14H20BrFN2. The van der Waals surface area contributed by atoms with E-state index in [-0.39, 0.29) is 5.82 Å². The monoisotopic (exact) mass is 314 g/mol. The van der Waals surface area contributed by atoms with E-state index in [1.807, 2.05) is 6.07 Å². The van der Waals surface area contributed by atoms with E-state index in [2.05, 4.69) is 26.1 Å². The van der Waals surface area contributed by atoms with Crippen LogP contribution in [0.1, 0.15) is 24.8 Å². The lowest BCUT2D eigenvalue weighted by molar-refractivity contribution is 0.229. The van der Waals surface area contributed by atoms with E-state index < -0.39 is 0 Å². The van der Waals surface area contributed by atoms with Crippen molar-refractivity contribution < 1.29 is 4.39 Å². The Balaban J connectivity index is 1.71. The minimum atomic E-state index is -0.144. The summed E-state index contributed by atoms with van der Waals surface area (Å²) in [6.45, 7) is 4.99. The SMILES string of the molecule is Fc1cccc(Br)c1CNCCN1CCCCC1. The third-order valence-electron chi connectivity index (χ3n) is 3.42. The van der Waals surface area contributed by atoms with Crippen LogP contribution in [0.4, 0.5) is 4.39 Å². The third kappa shape index (κ3) is 4.04. The Morgan fingerprint density at radius 1 is 1.22 bits per heavy atom. The minimum absolute atomic E-state index is 0.144. The van der Waals surface area contributed by atoms with Crippen LogP contribution < -0.4 is 5.32 Å². The molecule has 0 aromatic heterocycles. The van der Waals surface area contributed by atoms with Crippen molar-refractivity contribution in [1.82, 2.24) is 10.2 Å². The highest BCUT2D eigenvalue weighted by atomic mass is 79.9. The van der Waals surface area contributed by atoms with Gasteiger partial charge in [-0.15, -0.1) is 0 Å². The van der Waals surface area contributed by atoms with E-state index in [1.165, 1.54) is 38.4 Å². The Hall–Kier alpha value is -0.450. The fraction of sp³-hybridized carbons (Fsp3) is 0.571. The van der Waals surface area contributed by atoms with Gasteiger partial charge in [0.05, 0.1) is 0 Å². The highest BCUT2D eigenvalue weighted by Gasteiger charge is 2.09. The Morgan fingerprint density at radius 3 is 2.72 bits per heavy atom. The summed E-state index contributed by atoms with van der Waals surface area (Å²) in [6.07, 6.45) is 4.00. The zero-order valence-corrected chi connectivity index (χ0v) is 12.2. The molecule has 1 N–H and O–H groups in total. The van der Waals surface area contributed by atoms with Crippen LogP contribution in [0.25, 0.3) is 0 Å². The van der Waals surface area contributed by atoms with Crippen molar-refractivity contribution in [3.63, 3.8) is 0 Å². The lowest BCUT2D eigenvalue weighted by Crippen LogP contribution is -2.35. The van der Waals surface area contributed by atoms with Gasteiger partial charge in [-0.3, -0.25) is 0 Å². The zero-order chi connectivity index (χ0) is 12.8. The molecule has 1 aromatic rings. The first-order valence-electron chi connectivity index (χ1n) is 6.63. The molecule has 1 fully saturated rings. The molecule has 0 bridgehead atoms. The van der Waals surface area contributed by atoms with Gasteiger partial charge in [0.15, 0.2) is 0 Å². The van der Waals surface area contributed by atoms with Gasteiger partial charge in [-0.1, -0.05) is 28.4 Å². The minimum Gasteiger partial charge on any atom is -0.311 e. The lowest BCUT2D eigenvalue weighted by atomic mass is 10.1. The first-order valence-corrected chi connectivity index (χ1v) is 7.42. The fourth-order valence-electron chi connectivity index (χ4n) is 2.33. The largest absolute Gasteiger partial charge is 0.311 e. The lowest BCUT2D eigenvalue weighted by Gasteiger charge is -2.26. The number of nitrogens with one attached hydrogen (secondary N) is 1. The van der Waals surface area contributed by atoms with E-state index in [0.717, 1.165) is 23.1 Å². The average molecular weight is 315 g/mol. The second kappa shape index (κ2) is 7.22. The summed E-state index contributed by atoms with van der Waals surface area (Å²) in [5, 5.41) is 3.32. The standard InChI is InChI=1S/C14H20BrFN2/c15-13-5-4-6-14(16)12(13)11-17-7-10-18-8-2-1-3-9-18/h4-6,17H,1-3,7-11H2. The van der Waals surface area contributed by atoms with Crippen LogP contribution >= 0.6 is 15.9 Å². The van der Waals surface area contributed by atoms with Crippen LogP contribution in [-0.2, 0) is 6.54 Å². The first kappa shape index (κ1) is 14.0. The number of nitrogens with zero attached hydrogens (tertiary/aromatic N) is 1. The molecule has 0 aliphatic carbocycles. The molecule has 1 heterocycles. The molecule has 0 spiro atoms. The summed E-state index contributed by atoms with van der Waals surface area (Å²) < 4.78 is 14.4. The van der Waals surface area contributed by atoms with Crippen LogP contribution in [0.15, 0.2) is 22.7 Å². The van der Waals surface area contributed by atoms with Crippen LogP contribution in [-0.4, -0.2) is 31.1 Å². The maximum Gasteiger partial charge on any atom is 0.128 e. The van der Waals surface area contributed by atoms with Crippen molar-refractivity contribution in [3.05, 3.63) is 34.1 Å². The van der Waals surface area contributed by atoms with Crippen LogP contribution in [0.5, 0.6) is 0 Å². The van der Waals surface area contributed by atoms with Crippen molar-refractivity contribution in [3.8, 4) is 0 Å². The number of hydrogen-bond donors (Lipinski definition) is 1. The first-order chi connectivity index (χ1) is 8.77. The molecule has 100 valence electrons. The number of likely N-dealkylation sites (tertiary alicyclic amines) is 1. The summed E-state index contributed by atoms with van der Waals surface area (Å²) in [5.74, 6) is -0.144. The smallest absolute Gasteiger partial charge is 0.128 e. The van der Waals surface area contributed by atoms with E-state index >= 15 is 0 Å². The Labute approximate surface area is 117 Å². The van der Waals surface area contributed by atoms with E-state index in [0.29, 0.717) is 6.54 Å². The number of rotatable bonds is 5. The molecule has 0 radical (unpaired) electrons. The highest BCUT2D eigenvalue weighted by Crippen LogP contribution is 2.19. The molecular weight excluding hydrogens is 295 g/mol. The maximum absolute atomic E-state index is 13.6. The molecule has 0 atom stereocenters. The van der Waals surface area contributed by atoms with Gasteiger partial charge < -0.3 is 10.2 Å². The summed E-state index contributed by atoms with van der Waals surface area (Å²) in [7, 11) is 0. The van der Waals surface area contributed by atoms with E-state index in [9.17, 15) is 4.39 Å². The van der Waals surface area contributed by atoms with Gasteiger partial charge in [-0.2, -0.15) is 0 Å². The van der Waals surface area contributed by atoms with Gasteiger partial charge in [-0.05, 0) is 38.1 Å². The molecule has 1 aromatic carbocycles. The number of piperidine rings is 1. The molecule has 4 heteroatoms. The molecule has 0 saturated carbocycles. The van der Waals surface area contributed by atoms with Crippen molar-refractivity contribution in [2.24, 2.45) is 0 Å². The Bertz CT molecular complexity index is 358. The quantitative estimate of drug-likeness (QED) is 0.840. The highest BCUT2D eigenvalue weighted by molar-refractivity contribution is 9.10. The van der Waals surface area contributed by atoms with Gasteiger partial charge >= 0.3 is 0 Å². The molecule has 2 rings (SSSR count). The van der Waals surface area contributed by atoms with Gasteiger partial charge in [0.2, 0.25) is 0 Å². The van der Waals surface area contributed by atoms with Crippen LogP contribution in [0.2, 0.25) is 0 Å². The summed E-state index contributed by atoms with van der Waals surface area (Å²) in [5.41, 5.74) is 0.719. The summed E-state index contributed by atoms with van der Waals surface area (Å²) in [6, 6.07) is 5.10. The predicted molar refractivity (Wildman–Crippen MR) is 76.1 cm³/mol. The Morgan fingerprint density at radius 2 is 2.00 bits per heavy atom. The van der Waals surface area contributed by atoms with Crippen molar-refractivity contribution in [2.45, 2.75) is 25.8 Å². The van der Waals surface area contributed by atoms with E-state index in [1.54, 1.807) is 6.07 Å². The molecule has 0 amide bonds. The van der Waals surface area contributed by atoms with Gasteiger partial charge in [0.25, 0.3) is 0 Å². The summed E-state index contributed by atoms with van der Waals surface area (Å²) in [4.78, 5) is 2.48. The zero-order valence-electron chi connectivity index (χ0n) is 10.6. The number of hydrogen-bond acceptors (Lipinski definition) is 2. The van der Waals surface area contributed by atoms with Gasteiger partial charge in [0, 0.05) is 29.7 Å². The van der Waals surface area contributed by atoms with Gasteiger partial charge in [0.1, 0.15) is 5.82 Å². The second-order valence-electron chi connectivity index (χ2n) is 4.78. The Kier molecular flexibility index (Phi) is 5.60. The molecule has 2 nitrogen and oxygen atoms in total. The fourth-order valence-corrected chi connectivity index (χ4v) is 2.82. The van der Waals surface area contributed by atoms with Crippen molar-refractivity contribution >= 4 is 15.9 Å². The molecule has 1 saturated heterocycles. The molecule has 1 aliphatic rings. The summed E-state index contributed by atoms with van der Waals surface area (Å²) >= 11 is 3.39. The van der Waals surface area contributed by atoms with Crippen molar-refractivity contribution in [1.29, 1.82) is 0 Å². The maximum atomic E-state index is 13.6. The molecule has 1 aliphatic heterocycles.